The molecule has 2 nitrogen and oxygen atoms in total. The van der Waals surface area contributed by atoms with Crippen molar-refractivity contribution in [1.29, 1.82) is 0 Å². The van der Waals surface area contributed by atoms with Crippen molar-refractivity contribution >= 4 is 17.2 Å². The van der Waals surface area contributed by atoms with Crippen molar-refractivity contribution in [2.75, 3.05) is 0 Å². The van der Waals surface area contributed by atoms with Crippen molar-refractivity contribution in [2.45, 2.75) is 20.8 Å². The summed E-state index contributed by atoms with van der Waals surface area (Å²) in [7, 11) is 2.02. The minimum Gasteiger partial charge on any atom is -0.350 e. The van der Waals surface area contributed by atoms with Gasteiger partial charge in [0.25, 0.3) is 0 Å². The Morgan fingerprint density at radius 1 is 1.13 bits per heavy atom. The van der Waals surface area contributed by atoms with Crippen LogP contribution in [0.1, 0.15) is 27.0 Å². The van der Waals surface area contributed by atoms with E-state index >= 15 is 0 Å². The maximum Gasteiger partial charge on any atom is 0.151 e. The van der Waals surface area contributed by atoms with Crippen LogP contribution < -0.4 is 0 Å². The molecule has 0 saturated heterocycles. The van der Waals surface area contributed by atoms with Crippen LogP contribution in [0.2, 0.25) is 0 Å². The predicted molar refractivity (Wildman–Crippen MR) is 62.5 cm³/mol. The highest BCUT2D eigenvalue weighted by molar-refractivity contribution is 6.01. The molecule has 0 aliphatic heterocycles. The van der Waals surface area contributed by atoms with Gasteiger partial charge in [0.15, 0.2) is 6.29 Å². The topological polar surface area (TPSA) is 22.0 Å². The van der Waals surface area contributed by atoms with E-state index in [2.05, 4.69) is 23.8 Å². The summed E-state index contributed by atoms with van der Waals surface area (Å²) in [4.78, 5) is 11.1. The molecule has 0 aliphatic carbocycles. The zero-order valence-corrected chi connectivity index (χ0v) is 9.59. The monoisotopic (exact) mass is 201 g/mol. The number of fused-ring (bicyclic) bond motifs is 1. The second kappa shape index (κ2) is 3.23. The van der Waals surface area contributed by atoms with Gasteiger partial charge in [0.05, 0.1) is 5.52 Å². The normalized spacial score (nSPS) is 10.9. The van der Waals surface area contributed by atoms with Crippen molar-refractivity contribution in [3.63, 3.8) is 0 Å². The third-order valence-corrected chi connectivity index (χ3v) is 2.99. The summed E-state index contributed by atoms with van der Waals surface area (Å²) in [6.07, 6.45) is 3.04. The van der Waals surface area contributed by atoms with Gasteiger partial charge in [-0.05, 0) is 37.5 Å². The van der Waals surface area contributed by atoms with Gasteiger partial charge in [0, 0.05) is 24.2 Å². The standard InChI is InChI=1S/C13H15NO/c1-8-5-9(2)13-12(11(8)7-15)10(3)6-14(13)4/h5-7H,1-4H3. The van der Waals surface area contributed by atoms with Crippen LogP contribution in [0.4, 0.5) is 0 Å². The zero-order chi connectivity index (χ0) is 11.2. The highest BCUT2D eigenvalue weighted by atomic mass is 16.1. The van der Waals surface area contributed by atoms with E-state index in [1.165, 1.54) is 16.6 Å². The molecule has 0 N–H and O–H groups in total. The summed E-state index contributed by atoms with van der Waals surface area (Å²) in [5, 5.41) is 1.10. The quantitative estimate of drug-likeness (QED) is 0.650. The van der Waals surface area contributed by atoms with E-state index in [1.54, 1.807) is 0 Å². The molecule has 0 bridgehead atoms. The van der Waals surface area contributed by atoms with Crippen molar-refractivity contribution < 1.29 is 4.79 Å². The number of carbonyl (C=O) groups is 1. The van der Waals surface area contributed by atoms with Gasteiger partial charge in [-0.3, -0.25) is 4.79 Å². The number of aldehydes is 1. The molecule has 0 spiro atoms. The van der Waals surface area contributed by atoms with E-state index in [-0.39, 0.29) is 0 Å². The molecule has 1 aromatic carbocycles. The third kappa shape index (κ3) is 1.29. The van der Waals surface area contributed by atoms with Gasteiger partial charge in [-0.25, -0.2) is 0 Å². The van der Waals surface area contributed by atoms with E-state index in [4.69, 9.17) is 0 Å². The first-order chi connectivity index (χ1) is 7.06. The third-order valence-electron chi connectivity index (χ3n) is 2.99. The van der Waals surface area contributed by atoms with Crippen LogP contribution in [0, 0.1) is 20.8 Å². The van der Waals surface area contributed by atoms with Crippen molar-refractivity contribution in [3.8, 4) is 0 Å². The molecule has 0 atom stereocenters. The number of benzene rings is 1. The smallest absolute Gasteiger partial charge is 0.151 e. The summed E-state index contributed by atoms with van der Waals surface area (Å²) in [5.74, 6) is 0. The molecule has 2 rings (SSSR count). The molecule has 0 fully saturated rings. The van der Waals surface area contributed by atoms with E-state index in [0.717, 1.165) is 22.8 Å². The molecular formula is C13H15NO. The molecule has 15 heavy (non-hydrogen) atoms. The zero-order valence-electron chi connectivity index (χ0n) is 9.59. The minimum absolute atomic E-state index is 0.828. The number of nitrogens with zero attached hydrogens (tertiary/aromatic N) is 1. The number of hydrogen-bond donors (Lipinski definition) is 0. The molecule has 78 valence electrons. The summed E-state index contributed by atoms with van der Waals surface area (Å²) in [6, 6.07) is 2.07. The van der Waals surface area contributed by atoms with Crippen LogP contribution in [0.5, 0.6) is 0 Å². The number of rotatable bonds is 1. The maximum atomic E-state index is 11.1. The first-order valence-electron chi connectivity index (χ1n) is 5.07. The number of hydrogen-bond acceptors (Lipinski definition) is 1. The maximum absolute atomic E-state index is 11.1. The number of aromatic nitrogens is 1. The Bertz CT molecular complexity index is 549. The van der Waals surface area contributed by atoms with Crippen LogP contribution in [-0.4, -0.2) is 10.9 Å². The van der Waals surface area contributed by atoms with Gasteiger partial charge in [-0.15, -0.1) is 0 Å². The Hall–Kier alpha value is -1.57. The molecule has 2 heteroatoms. The molecule has 0 amide bonds. The Kier molecular flexibility index (Phi) is 2.14. The van der Waals surface area contributed by atoms with Crippen LogP contribution >= 0.6 is 0 Å². The molecular weight excluding hydrogens is 186 g/mol. The molecule has 0 aliphatic rings. The first-order valence-corrected chi connectivity index (χ1v) is 5.07. The van der Waals surface area contributed by atoms with Crippen LogP contribution in [0.15, 0.2) is 12.3 Å². The largest absolute Gasteiger partial charge is 0.350 e. The lowest BCUT2D eigenvalue weighted by atomic mass is 9.99. The highest BCUT2D eigenvalue weighted by Gasteiger charge is 2.12. The van der Waals surface area contributed by atoms with E-state index in [9.17, 15) is 4.79 Å². The fraction of sp³-hybridized carbons (Fsp3) is 0.308. The van der Waals surface area contributed by atoms with Gasteiger partial charge in [-0.1, -0.05) is 6.07 Å². The predicted octanol–water partition coefficient (Wildman–Crippen LogP) is 2.92. The number of aryl methyl sites for hydroxylation is 4. The second-order valence-corrected chi connectivity index (χ2v) is 4.19. The fourth-order valence-corrected chi connectivity index (χ4v) is 2.42. The Labute approximate surface area is 89.5 Å². The van der Waals surface area contributed by atoms with Crippen molar-refractivity contribution in [2.24, 2.45) is 7.05 Å². The number of carbonyl (C=O) groups excluding carboxylic acids is 1. The van der Waals surface area contributed by atoms with Gasteiger partial charge in [0.1, 0.15) is 0 Å². The molecule has 0 radical (unpaired) electrons. The molecule has 0 unspecified atom stereocenters. The molecule has 1 heterocycles. The summed E-state index contributed by atoms with van der Waals surface area (Å²) >= 11 is 0. The lowest BCUT2D eigenvalue weighted by Gasteiger charge is -2.06. The van der Waals surface area contributed by atoms with Crippen LogP contribution in [0.25, 0.3) is 10.9 Å². The lowest BCUT2D eigenvalue weighted by Crippen LogP contribution is -1.93. The Balaban J connectivity index is 3.06. The highest BCUT2D eigenvalue weighted by Crippen LogP contribution is 2.28. The fourth-order valence-electron chi connectivity index (χ4n) is 2.42. The minimum atomic E-state index is 0.828. The first kappa shape index (κ1) is 9.97. The average molecular weight is 201 g/mol. The summed E-state index contributed by atoms with van der Waals surface area (Å²) in [6.45, 7) is 6.13. The summed E-state index contributed by atoms with van der Waals surface area (Å²) in [5.41, 5.74) is 5.45. The van der Waals surface area contributed by atoms with E-state index < -0.39 is 0 Å². The SMILES string of the molecule is Cc1cc(C)c2c(c(C)cn2C)c1C=O. The molecule has 0 saturated carbocycles. The summed E-state index contributed by atoms with van der Waals surface area (Å²) < 4.78 is 2.09. The van der Waals surface area contributed by atoms with Gasteiger partial charge < -0.3 is 4.57 Å². The van der Waals surface area contributed by atoms with Crippen molar-refractivity contribution in [1.82, 2.24) is 4.57 Å². The van der Waals surface area contributed by atoms with E-state index in [1.807, 2.05) is 20.9 Å². The Morgan fingerprint density at radius 2 is 1.80 bits per heavy atom. The molecule has 2 aromatic rings. The van der Waals surface area contributed by atoms with Crippen molar-refractivity contribution in [3.05, 3.63) is 34.5 Å². The van der Waals surface area contributed by atoms with Gasteiger partial charge in [0.2, 0.25) is 0 Å². The van der Waals surface area contributed by atoms with Crippen LogP contribution in [-0.2, 0) is 7.05 Å². The second-order valence-electron chi connectivity index (χ2n) is 4.19. The van der Waals surface area contributed by atoms with Gasteiger partial charge in [-0.2, -0.15) is 0 Å². The molecule has 1 aromatic heterocycles. The van der Waals surface area contributed by atoms with Crippen LogP contribution in [0.3, 0.4) is 0 Å². The Morgan fingerprint density at radius 3 is 2.40 bits per heavy atom. The average Bonchev–Trinajstić information content (AvgIpc) is 2.43. The lowest BCUT2D eigenvalue weighted by molar-refractivity contribution is 0.112. The van der Waals surface area contributed by atoms with E-state index in [0.29, 0.717) is 0 Å². The van der Waals surface area contributed by atoms with Gasteiger partial charge >= 0.3 is 0 Å².